The Hall–Kier alpha value is -2.33. The third-order valence-corrected chi connectivity index (χ3v) is 3.62. The van der Waals surface area contributed by atoms with Gasteiger partial charge in [-0.05, 0) is 25.1 Å². The summed E-state index contributed by atoms with van der Waals surface area (Å²) >= 11 is 0. The molecule has 3 rings (SSSR count). The molecule has 1 unspecified atom stereocenters. The van der Waals surface area contributed by atoms with Gasteiger partial charge in [-0.25, -0.2) is 0 Å². The van der Waals surface area contributed by atoms with Crippen LogP contribution in [-0.2, 0) is 5.72 Å². The summed E-state index contributed by atoms with van der Waals surface area (Å²) < 4.78 is 5.25. The maximum Gasteiger partial charge on any atom is 0.265 e. The third-order valence-electron chi connectivity index (χ3n) is 3.62. The number of benzene rings is 2. The summed E-state index contributed by atoms with van der Waals surface area (Å²) in [5.41, 5.74) is 0.248. The fourth-order valence-electron chi connectivity index (χ4n) is 2.69. The van der Waals surface area contributed by atoms with E-state index < -0.39 is 5.72 Å². The van der Waals surface area contributed by atoms with Crippen molar-refractivity contribution in [3.63, 3.8) is 0 Å². The van der Waals surface area contributed by atoms with Crippen molar-refractivity contribution in [1.29, 1.82) is 0 Å². The molecule has 0 saturated heterocycles. The Morgan fingerprint density at radius 1 is 1.10 bits per heavy atom. The predicted octanol–water partition coefficient (Wildman–Crippen LogP) is 2.52. The van der Waals surface area contributed by atoms with Crippen LogP contribution in [0.2, 0.25) is 0 Å². The van der Waals surface area contributed by atoms with Crippen LogP contribution >= 0.6 is 0 Å². The van der Waals surface area contributed by atoms with E-state index in [1.54, 1.807) is 37.3 Å². The maximum atomic E-state index is 12.7. The molecule has 20 heavy (non-hydrogen) atoms. The molecule has 1 aliphatic heterocycles. The lowest BCUT2D eigenvalue weighted by Crippen LogP contribution is -2.41. The molecule has 4 nitrogen and oxygen atoms in total. The maximum absolute atomic E-state index is 12.7. The van der Waals surface area contributed by atoms with Gasteiger partial charge in [0.25, 0.3) is 5.91 Å². The number of ether oxygens (including phenoxy) is 1. The Bertz CT molecular complexity index is 665. The van der Waals surface area contributed by atoms with Gasteiger partial charge >= 0.3 is 0 Å². The summed E-state index contributed by atoms with van der Waals surface area (Å²) in [4.78, 5) is 14.1. The van der Waals surface area contributed by atoms with Crippen LogP contribution < -0.4 is 9.64 Å². The summed E-state index contributed by atoms with van der Waals surface area (Å²) in [7, 11) is 1.52. The van der Waals surface area contributed by atoms with Gasteiger partial charge in [-0.3, -0.25) is 9.69 Å². The van der Waals surface area contributed by atoms with E-state index >= 15 is 0 Å². The Kier molecular flexibility index (Phi) is 2.76. The highest BCUT2D eigenvalue weighted by Gasteiger charge is 2.47. The molecule has 4 heteroatoms. The SMILES string of the molecule is COc1cccc2c1C(=O)N(c1ccccc1)C2(C)O. The molecule has 102 valence electrons. The molecule has 1 atom stereocenters. The second-order valence-corrected chi connectivity index (χ2v) is 4.88. The number of rotatable bonds is 2. The number of aliphatic hydroxyl groups is 1. The van der Waals surface area contributed by atoms with E-state index in [1.165, 1.54) is 12.0 Å². The molecular weight excluding hydrogens is 254 g/mol. The monoisotopic (exact) mass is 269 g/mol. The first kappa shape index (κ1) is 12.7. The molecule has 1 amide bonds. The highest BCUT2D eigenvalue weighted by molar-refractivity contribution is 6.13. The average molecular weight is 269 g/mol. The van der Waals surface area contributed by atoms with Crippen molar-refractivity contribution < 1.29 is 14.6 Å². The molecule has 1 heterocycles. The molecule has 1 N–H and O–H groups in total. The molecule has 0 bridgehead atoms. The lowest BCUT2D eigenvalue weighted by molar-refractivity contribution is 0.0555. The van der Waals surface area contributed by atoms with Crippen molar-refractivity contribution >= 4 is 11.6 Å². The van der Waals surface area contributed by atoms with Gasteiger partial charge in [-0.2, -0.15) is 0 Å². The molecule has 0 aromatic heterocycles. The van der Waals surface area contributed by atoms with Crippen LogP contribution in [0.1, 0.15) is 22.8 Å². The van der Waals surface area contributed by atoms with Crippen LogP contribution in [0.4, 0.5) is 5.69 Å². The van der Waals surface area contributed by atoms with Crippen molar-refractivity contribution in [3.05, 3.63) is 59.7 Å². The Balaban J connectivity index is 2.21. The van der Waals surface area contributed by atoms with Crippen LogP contribution in [0.5, 0.6) is 5.75 Å². The molecule has 2 aromatic rings. The number of anilines is 1. The van der Waals surface area contributed by atoms with E-state index in [-0.39, 0.29) is 5.91 Å². The number of carbonyl (C=O) groups excluding carboxylic acids is 1. The summed E-state index contributed by atoms with van der Waals surface area (Å²) in [6.45, 7) is 1.61. The van der Waals surface area contributed by atoms with Gasteiger partial charge < -0.3 is 9.84 Å². The van der Waals surface area contributed by atoms with E-state index in [4.69, 9.17) is 4.74 Å². The third kappa shape index (κ3) is 1.62. The Morgan fingerprint density at radius 3 is 2.45 bits per heavy atom. The Labute approximate surface area is 117 Å². The van der Waals surface area contributed by atoms with E-state index in [2.05, 4.69) is 0 Å². The van der Waals surface area contributed by atoms with Gasteiger partial charge in [0, 0.05) is 11.3 Å². The molecule has 0 spiro atoms. The number of carbonyl (C=O) groups is 1. The van der Waals surface area contributed by atoms with Crippen molar-refractivity contribution in [2.24, 2.45) is 0 Å². The molecule has 1 aliphatic rings. The summed E-state index contributed by atoms with van der Waals surface area (Å²) in [5, 5.41) is 10.8. The van der Waals surface area contributed by atoms with Crippen LogP contribution in [0.3, 0.4) is 0 Å². The van der Waals surface area contributed by atoms with Gasteiger partial charge in [0.2, 0.25) is 0 Å². The van der Waals surface area contributed by atoms with E-state index in [0.29, 0.717) is 22.6 Å². The number of hydrogen-bond acceptors (Lipinski definition) is 3. The second kappa shape index (κ2) is 4.35. The van der Waals surface area contributed by atoms with Crippen LogP contribution in [0.15, 0.2) is 48.5 Å². The highest BCUT2D eigenvalue weighted by Crippen LogP contribution is 2.43. The van der Waals surface area contributed by atoms with Gasteiger partial charge in [-0.15, -0.1) is 0 Å². The zero-order valence-electron chi connectivity index (χ0n) is 11.3. The first-order valence-corrected chi connectivity index (χ1v) is 6.37. The largest absolute Gasteiger partial charge is 0.496 e. The van der Waals surface area contributed by atoms with Gasteiger partial charge in [0.15, 0.2) is 5.72 Å². The van der Waals surface area contributed by atoms with E-state index in [1.807, 2.05) is 18.2 Å². The standard InChI is InChI=1S/C16H15NO3/c1-16(19)12-9-6-10-13(20-2)14(12)15(18)17(16)11-7-4-3-5-8-11/h3-10,19H,1-2H3. The van der Waals surface area contributed by atoms with Crippen LogP contribution in [-0.4, -0.2) is 18.1 Å². The van der Waals surface area contributed by atoms with Gasteiger partial charge in [0.1, 0.15) is 5.75 Å². The predicted molar refractivity (Wildman–Crippen MR) is 75.8 cm³/mol. The molecule has 2 aromatic carbocycles. The first-order valence-electron chi connectivity index (χ1n) is 6.37. The summed E-state index contributed by atoms with van der Waals surface area (Å²) in [5.74, 6) is 0.222. The van der Waals surface area contributed by atoms with Gasteiger partial charge in [-0.1, -0.05) is 30.3 Å². The van der Waals surface area contributed by atoms with Crippen LogP contribution in [0.25, 0.3) is 0 Å². The Morgan fingerprint density at radius 2 is 1.80 bits per heavy atom. The summed E-state index contributed by atoms with van der Waals surface area (Å²) in [6, 6.07) is 14.4. The fraction of sp³-hybridized carbons (Fsp3) is 0.188. The number of methoxy groups -OCH3 is 1. The number of fused-ring (bicyclic) bond motifs is 1. The zero-order valence-corrected chi connectivity index (χ0v) is 11.3. The van der Waals surface area contributed by atoms with Crippen molar-refractivity contribution in [2.45, 2.75) is 12.6 Å². The second-order valence-electron chi connectivity index (χ2n) is 4.88. The smallest absolute Gasteiger partial charge is 0.265 e. The van der Waals surface area contributed by atoms with Crippen LogP contribution in [0, 0.1) is 0 Å². The normalized spacial score (nSPS) is 20.9. The zero-order chi connectivity index (χ0) is 14.3. The fourth-order valence-corrected chi connectivity index (χ4v) is 2.69. The number of amides is 1. The van der Waals surface area contributed by atoms with Crippen molar-refractivity contribution in [3.8, 4) is 5.75 Å². The summed E-state index contributed by atoms with van der Waals surface area (Å²) in [6.07, 6.45) is 0. The number of para-hydroxylation sites is 1. The molecule has 0 radical (unpaired) electrons. The highest BCUT2D eigenvalue weighted by atomic mass is 16.5. The minimum atomic E-state index is -1.39. The topological polar surface area (TPSA) is 49.8 Å². The van der Waals surface area contributed by atoms with E-state index in [9.17, 15) is 9.90 Å². The molecule has 0 aliphatic carbocycles. The molecule has 0 fully saturated rings. The van der Waals surface area contributed by atoms with E-state index in [0.717, 1.165) is 0 Å². The quantitative estimate of drug-likeness (QED) is 0.911. The average Bonchev–Trinajstić information content (AvgIpc) is 2.67. The minimum absolute atomic E-state index is 0.256. The molecule has 0 saturated carbocycles. The van der Waals surface area contributed by atoms with Crippen molar-refractivity contribution in [1.82, 2.24) is 0 Å². The number of nitrogens with zero attached hydrogens (tertiary/aromatic N) is 1. The minimum Gasteiger partial charge on any atom is -0.496 e. The van der Waals surface area contributed by atoms with Crippen molar-refractivity contribution in [2.75, 3.05) is 12.0 Å². The first-order chi connectivity index (χ1) is 9.57. The lowest BCUT2D eigenvalue weighted by atomic mass is 10.0. The van der Waals surface area contributed by atoms with Gasteiger partial charge in [0.05, 0.1) is 12.7 Å². The lowest BCUT2D eigenvalue weighted by Gasteiger charge is -2.30. The number of hydrogen-bond donors (Lipinski definition) is 1. The molecular formula is C16H15NO3.